The molecule has 1 rings (SSSR count). The van der Waals surface area contributed by atoms with Crippen LogP contribution in [0.1, 0.15) is 34.1 Å². The molecule has 1 atom stereocenters. The van der Waals surface area contributed by atoms with Crippen LogP contribution in [0.15, 0.2) is 0 Å². The number of nitrogens with zero attached hydrogens (tertiary/aromatic N) is 1. The first-order valence-corrected chi connectivity index (χ1v) is 6.96. The van der Waals surface area contributed by atoms with Gasteiger partial charge in [-0.2, -0.15) is 11.8 Å². The van der Waals surface area contributed by atoms with Crippen molar-refractivity contribution >= 4 is 11.8 Å². The molecule has 2 N–H and O–H groups in total. The van der Waals surface area contributed by atoms with Gasteiger partial charge in [0.25, 0.3) is 0 Å². The van der Waals surface area contributed by atoms with Gasteiger partial charge in [0.15, 0.2) is 0 Å². The topological polar surface area (TPSA) is 29.3 Å². The van der Waals surface area contributed by atoms with E-state index in [1.165, 1.54) is 17.9 Å². The molecule has 2 nitrogen and oxygen atoms in total. The molecule has 0 amide bonds. The van der Waals surface area contributed by atoms with Crippen molar-refractivity contribution in [1.29, 1.82) is 0 Å². The first-order valence-electron chi connectivity index (χ1n) is 5.81. The summed E-state index contributed by atoms with van der Waals surface area (Å²) in [6.45, 7) is 9.88. The lowest BCUT2D eigenvalue weighted by molar-refractivity contribution is 0.109. The lowest BCUT2D eigenvalue weighted by atomic mass is 9.75. The van der Waals surface area contributed by atoms with E-state index in [1.54, 1.807) is 0 Å². The largest absolute Gasteiger partial charge is 0.325 e. The van der Waals surface area contributed by atoms with Gasteiger partial charge in [-0.3, -0.25) is 0 Å². The summed E-state index contributed by atoms with van der Waals surface area (Å²) in [5.41, 5.74) is 6.27. The van der Waals surface area contributed by atoms with Gasteiger partial charge in [-0.15, -0.1) is 0 Å². The first-order chi connectivity index (χ1) is 6.74. The zero-order chi connectivity index (χ0) is 11.7. The summed E-state index contributed by atoms with van der Waals surface area (Å²) in [7, 11) is 2.24. The number of hydrogen-bond donors (Lipinski definition) is 1. The Morgan fingerprint density at radius 2 is 1.93 bits per heavy atom. The Bertz CT molecular complexity index is 202. The van der Waals surface area contributed by atoms with Gasteiger partial charge in [0, 0.05) is 23.9 Å². The van der Waals surface area contributed by atoms with E-state index in [0.717, 1.165) is 12.6 Å². The van der Waals surface area contributed by atoms with Crippen molar-refractivity contribution in [2.45, 2.75) is 45.7 Å². The third kappa shape index (κ3) is 3.36. The second-order valence-electron chi connectivity index (χ2n) is 6.04. The van der Waals surface area contributed by atoms with E-state index in [-0.39, 0.29) is 11.0 Å². The third-order valence-electron chi connectivity index (χ3n) is 3.92. The zero-order valence-corrected chi connectivity index (χ0v) is 11.7. The molecule has 0 spiro atoms. The predicted molar refractivity (Wildman–Crippen MR) is 70.4 cm³/mol. The average molecular weight is 230 g/mol. The minimum Gasteiger partial charge on any atom is -0.325 e. The van der Waals surface area contributed by atoms with Crippen molar-refractivity contribution in [2.24, 2.45) is 11.1 Å². The van der Waals surface area contributed by atoms with Crippen molar-refractivity contribution in [3.05, 3.63) is 0 Å². The predicted octanol–water partition coefficient (Wildman–Crippen LogP) is 2.19. The Labute approximate surface area is 99.0 Å². The molecule has 15 heavy (non-hydrogen) atoms. The molecule has 0 bridgehead atoms. The smallest absolute Gasteiger partial charge is 0.0191 e. The Balaban J connectivity index is 2.52. The maximum absolute atomic E-state index is 6.23. The lowest BCUT2D eigenvalue weighted by Crippen LogP contribution is -2.53. The van der Waals surface area contributed by atoms with Crippen LogP contribution in [0.3, 0.4) is 0 Å². The van der Waals surface area contributed by atoms with E-state index in [1.807, 2.05) is 0 Å². The zero-order valence-electron chi connectivity index (χ0n) is 10.8. The second-order valence-corrected chi connectivity index (χ2v) is 7.19. The molecule has 0 aromatic carbocycles. The average Bonchev–Trinajstić information content (AvgIpc) is 2.51. The van der Waals surface area contributed by atoms with Crippen molar-refractivity contribution in [3.63, 3.8) is 0 Å². The van der Waals surface area contributed by atoms with Crippen LogP contribution in [0.5, 0.6) is 0 Å². The molecule has 1 aliphatic rings. The monoisotopic (exact) mass is 230 g/mol. The highest BCUT2D eigenvalue weighted by Crippen LogP contribution is 2.31. The van der Waals surface area contributed by atoms with Gasteiger partial charge in [0.05, 0.1) is 0 Å². The number of nitrogens with two attached hydrogens (primary N) is 1. The van der Waals surface area contributed by atoms with Crippen LogP contribution in [-0.4, -0.2) is 41.6 Å². The molecule has 0 saturated carbocycles. The summed E-state index contributed by atoms with van der Waals surface area (Å²) in [4.78, 5) is 2.49. The summed E-state index contributed by atoms with van der Waals surface area (Å²) in [5.74, 6) is 2.61. The van der Waals surface area contributed by atoms with Gasteiger partial charge in [-0.1, -0.05) is 13.8 Å². The molecule has 1 saturated heterocycles. The summed E-state index contributed by atoms with van der Waals surface area (Å²) < 4.78 is 0. The molecule has 1 aliphatic heterocycles. The van der Waals surface area contributed by atoms with Crippen LogP contribution in [0.4, 0.5) is 0 Å². The van der Waals surface area contributed by atoms with Crippen LogP contribution in [0, 0.1) is 5.41 Å². The van der Waals surface area contributed by atoms with Crippen molar-refractivity contribution in [3.8, 4) is 0 Å². The molecule has 0 aromatic rings. The fraction of sp³-hybridized carbons (Fsp3) is 1.00. The Morgan fingerprint density at radius 3 is 2.33 bits per heavy atom. The van der Waals surface area contributed by atoms with Gasteiger partial charge in [-0.25, -0.2) is 0 Å². The van der Waals surface area contributed by atoms with Gasteiger partial charge in [0.2, 0.25) is 0 Å². The normalized spacial score (nSPS) is 23.8. The van der Waals surface area contributed by atoms with E-state index in [2.05, 4.69) is 51.4 Å². The van der Waals surface area contributed by atoms with Crippen LogP contribution < -0.4 is 5.73 Å². The van der Waals surface area contributed by atoms with Gasteiger partial charge < -0.3 is 10.6 Å². The molecule has 0 aliphatic carbocycles. The lowest BCUT2D eigenvalue weighted by Gasteiger charge is -2.42. The summed E-state index contributed by atoms with van der Waals surface area (Å²) in [6, 6.07) is 0.761. The molecular formula is C12H26N2S. The van der Waals surface area contributed by atoms with Crippen molar-refractivity contribution in [1.82, 2.24) is 4.90 Å². The van der Waals surface area contributed by atoms with Crippen LogP contribution in [0.2, 0.25) is 0 Å². The highest BCUT2D eigenvalue weighted by Gasteiger charge is 2.36. The minimum absolute atomic E-state index is 0.118. The number of thioether (sulfide) groups is 1. The standard InChI is InChI=1S/C12H26N2S/c1-11(2,12(3,4)13)9-14(5)10-6-7-15-8-10/h10H,6-9,13H2,1-5H3. The molecule has 3 heteroatoms. The molecular weight excluding hydrogens is 204 g/mol. The first kappa shape index (κ1) is 13.3. The molecule has 1 unspecified atom stereocenters. The van der Waals surface area contributed by atoms with Crippen molar-refractivity contribution < 1.29 is 0 Å². The van der Waals surface area contributed by atoms with E-state index in [4.69, 9.17) is 5.73 Å². The van der Waals surface area contributed by atoms with E-state index < -0.39 is 0 Å². The van der Waals surface area contributed by atoms with Crippen LogP contribution in [0.25, 0.3) is 0 Å². The van der Waals surface area contributed by atoms with E-state index in [9.17, 15) is 0 Å². The molecule has 1 fully saturated rings. The summed E-state index contributed by atoms with van der Waals surface area (Å²) in [6.07, 6.45) is 1.34. The van der Waals surface area contributed by atoms with Crippen LogP contribution >= 0.6 is 11.8 Å². The van der Waals surface area contributed by atoms with Crippen molar-refractivity contribution in [2.75, 3.05) is 25.1 Å². The van der Waals surface area contributed by atoms with Gasteiger partial charge >= 0.3 is 0 Å². The fourth-order valence-corrected chi connectivity index (χ4v) is 3.12. The fourth-order valence-electron chi connectivity index (χ4n) is 1.83. The Morgan fingerprint density at radius 1 is 1.33 bits per heavy atom. The second kappa shape index (κ2) is 4.64. The maximum Gasteiger partial charge on any atom is 0.0191 e. The quantitative estimate of drug-likeness (QED) is 0.803. The summed E-state index contributed by atoms with van der Waals surface area (Å²) in [5, 5.41) is 0. The molecule has 0 radical (unpaired) electrons. The van der Waals surface area contributed by atoms with E-state index >= 15 is 0 Å². The number of rotatable bonds is 4. The molecule has 0 aromatic heterocycles. The third-order valence-corrected chi connectivity index (χ3v) is 5.06. The minimum atomic E-state index is -0.118. The highest BCUT2D eigenvalue weighted by atomic mass is 32.2. The maximum atomic E-state index is 6.23. The highest BCUT2D eigenvalue weighted by molar-refractivity contribution is 7.99. The van der Waals surface area contributed by atoms with Gasteiger partial charge in [-0.05, 0) is 38.5 Å². The Hall–Kier alpha value is 0.270. The van der Waals surface area contributed by atoms with Crippen LogP contribution in [-0.2, 0) is 0 Å². The SMILES string of the molecule is CN(CC(C)(C)C(C)(C)N)C1CCSC1. The Kier molecular flexibility index (Phi) is 4.13. The molecule has 1 heterocycles. The number of hydrogen-bond acceptors (Lipinski definition) is 3. The van der Waals surface area contributed by atoms with E-state index in [0.29, 0.717) is 0 Å². The van der Waals surface area contributed by atoms with Gasteiger partial charge in [0.1, 0.15) is 0 Å². The molecule has 90 valence electrons. The summed E-state index contributed by atoms with van der Waals surface area (Å²) >= 11 is 2.07.